The molecule has 2 atom stereocenters. The fourth-order valence-electron chi connectivity index (χ4n) is 1.86. The van der Waals surface area contributed by atoms with E-state index in [1.54, 1.807) is 6.92 Å². The zero-order valence-electron chi connectivity index (χ0n) is 8.75. The van der Waals surface area contributed by atoms with Crippen molar-refractivity contribution in [2.45, 2.75) is 52.0 Å². The van der Waals surface area contributed by atoms with E-state index in [4.69, 9.17) is 5.73 Å². The van der Waals surface area contributed by atoms with Crippen LogP contribution >= 0.6 is 0 Å². The Balaban J connectivity index is 2.15. The number of ketones is 1. The maximum atomic E-state index is 11.0. The Bertz CT molecular complexity index is 175. The number of carbonyl (C=O) groups excluding carboxylic acids is 1. The first kappa shape index (κ1) is 10.7. The van der Waals surface area contributed by atoms with E-state index in [0.29, 0.717) is 5.92 Å². The number of hydrogen-bond donors (Lipinski definition) is 1. The van der Waals surface area contributed by atoms with Gasteiger partial charge in [-0.1, -0.05) is 32.6 Å². The molecule has 1 saturated carbocycles. The molecular weight excluding hydrogens is 162 g/mol. The minimum atomic E-state index is -0.236. The minimum absolute atomic E-state index is 0.126. The summed E-state index contributed by atoms with van der Waals surface area (Å²) < 4.78 is 0. The summed E-state index contributed by atoms with van der Waals surface area (Å²) in [7, 11) is 0. The summed E-state index contributed by atoms with van der Waals surface area (Å²) >= 11 is 0. The van der Waals surface area contributed by atoms with Crippen molar-refractivity contribution in [1.82, 2.24) is 0 Å². The van der Waals surface area contributed by atoms with Crippen LogP contribution in [-0.4, -0.2) is 11.8 Å². The Morgan fingerprint density at radius 1 is 1.54 bits per heavy atom. The van der Waals surface area contributed by atoms with Gasteiger partial charge < -0.3 is 5.73 Å². The fourth-order valence-corrected chi connectivity index (χ4v) is 1.86. The lowest BCUT2D eigenvalue weighted by Gasteiger charge is -2.27. The second-order valence-electron chi connectivity index (χ2n) is 4.49. The summed E-state index contributed by atoms with van der Waals surface area (Å²) in [5, 5.41) is 0. The molecule has 0 saturated heterocycles. The summed E-state index contributed by atoms with van der Waals surface area (Å²) in [6.07, 6.45) is 6.56. The highest BCUT2D eigenvalue weighted by atomic mass is 16.1. The maximum absolute atomic E-state index is 11.0. The average Bonchev–Trinajstić information content (AvgIpc) is 1.99. The molecule has 1 aliphatic rings. The molecule has 0 bridgehead atoms. The van der Waals surface area contributed by atoms with Gasteiger partial charge in [-0.25, -0.2) is 0 Å². The van der Waals surface area contributed by atoms with Gasteiger partial charge in [0.25, 0.3) is 0 Å². The Kier molecular flexibility index (Phi) is 3.91. The van der Waals surface area contributed by atoms with Crippen LogP contribution in [0.5, 0.6) is 0 Å². The molecule has 0 aromatic heterocycles. The van der Waals surface area contributed by atoms with E-state index in [1.165, 1.54) is 25.7 Å². The molecule has 1 aliphatic carbocycles. The molecule has 0 amide bonds. The zero-order chi connectivity index (χ0) is 9.84. The first-order chi connectivity index (χ1) is 6.11. The number of hydrogen-bond acceptors (Lipinski definition) is 2. The van der Waals surface area contributed by atoms with Gasteiger partial charge in [0.05, 0.1) is 6.04 Å². The third kappa shape index (κ3) is 3.11. The van der Waals surface area contributed by atoms with Gasteiger partial charge in [-0.3, -0.25) is 4.79 Å². The molecular formula is C11H21NO. The largest absolute Gasteiger partial charge is 0.321 e. The second kappa shape index (κ2) is 4.75. The van der Waals surface area contributed by atoms with Crippen LogP contribution in [0.1, 0.15) is 46.0 Å². The van der Waals surface area contributed by atoms with Crippen molar-refractivity contribution in [2.24, 2.45) is 17.6 Å². The van der Waals surface area contributed by atoms with E-state index in [0.717, 1.165) is 12.3 Å². The van der Waals surface area contributed by atoms with Gasteiger partial charge in [-0.05, 0) is 25.2 Å². The molecule has 0 aliphatic heterocycles. The van der Waals surface area contributed by atoms with Crippen molar-refractivity contribution >= 4 is 5.78 Å². The average molecular weight is 183 g/mol. The van der Waals surface area contributed by atoms with Crippen molar-refractivity contribution in [3.05, 3.63) is 0 Å². The van der Waals surface area contributed by atoms with Crippen LogP contribution in [0.2, 0.25) is 0 Å². The minimum Gasteiger partial charge on any atom is -0.321 e. The molecule has 2 nitrogen and oxygen atoms in total. The molecule has 13 heavy (non-hydrogen) atoms. The molecule has 0 spiro atoms. The quantitative estimate of drug-likeness (QED) is 0.709. The first-order valence-electron chi connectivity index (χ1n) is 5.37. The van der Waals surface area contributed by atoms with Crippen molar-refractivity contribution in [3.8, 4) is 0 Å². The number of carbonyl (C=O) groups is 1. The number of nitrogens with two attached hydrogens (primary N) is 1. The molecule has 2 heteroatoms. The van der Waals surface area contributed by atoms with Crippen LogP contribution in [0.15, 0.2) is 0 Å². The highest BCUT2D eigenvalue weighted by Gasteiger charge is 2.21. The van der Waals surface area contributed by atoms with E-state index in [9.17, 15) is 4.79 Å². The third-order valence-electron chi connectivity index (χ3n) is 3.34. The summed E-state index contributed by atoms with van der Waals surface area (Å²) in [6, 6.07) is -0.236. The number of rotatable bonds is 5. The molecule has 0 aromatic rings. The van der Waals surface area contributed by atoms with Crippen LogP contribution < -0.4 is 5.73 Å². The highest BCUT2D eigenvalue weighted by molar-refractivity contribution is 5.81. The Morgan fingerprint density at radius 3 is 2.54 bits per heavy atom. The van der Waals surface area contributed by atoms with Crippen molar-refractivity contribution in [3.63, 3.8) is 0 Å². The van der Waals surface area contributed by atoms with E-state index in [-0.39, 0.29) is 11.8 Å². The smallest absolute Gasteiger partial charge is 0.146 e. The number of Topliss-reactive ketones (excluding diaryl/α,β-unsaturated/α-hetero) is 1. The Hall–Kier alpha value is -0.370. The lowest BCUT2D eigenvalue weighted by atomic mass is 9.79. The zero-order valence-corrected chi connectivity index (χ0v) is 8.75. The predicted octanol–water partition coefficient (Wildman–Crippen LogP) is 2.12. The molecule has 0 radical (unpaired) electrons. The van der Waals surface area contributed by atoms with E-state index in [1.807, 2.05) is 0 Å². The normalized spacial score (nSPS) is 22.1. The molecule has 2 N–H and O–H groups in total. The molecule has 1 fully saturated rings. The van der Waals surface area contributed by atoms with Gasteiger partial charge in [-0.15, -0.1) is 0 Å². The summed E-state index contributed by atoms with van der Waals surface area (Å²) in [5.41, 5.74) is 5.76. The van der Waals surface area contributed by atoms with Crippen LogP contribution in [0.25, 0.3) is 0 Å². The molecule has 0 aromatic carbocycles. The molecule has 0 unspecified atom stereocenters. The fraction of sp³-hybridized carbons (Fsp3) is 0.909. The van der Waals surface area contributed by atoms with Crippen molar-refractivity contribution in [1.29, 1.82) is 0 Å². The Labute approximate surface area is 80.9 Å². The van der Waals surface area contributed by atoms with Gasteiger partial charge in [0.15, 0.2) is 0 Å². The summed E-state index contributed by atoms with van der Waals surface area (Å²) in [5.74, 6) is 1.42. The summed E-state index contributed by atoms with van der Waals surface area (Å²) in [4.78, 5) is 11.0. The molecule has 76 valence electrons. The topological polar surface area (TPSA) is 43.1 Å². The van der Waals surface area contributed by atoms with Crippen LogP contribution in [0, 0.1) is 11.8 Å². The van der Waals surface area contributed by atoms with Gasteiger partial charge in [0.1, 0.15) is 5.78 Å². The van der Waals surface area contributed by atoms with Gasteiger partial charge in [-0.2, -0.15) is 0 Å². The third-order valence-corrected chi connectivity index (χ3v) is 3.34. The van der Waals surface area contributed by atoms with E-state index in [2.05, 4.69) is 6.92 Å². The lowest BCUT2D eigenvalue weighted by Crippen LogP contribution is -2.35. The van der Waals surface area contributed by atoms with E-state index >= 15 is 0 Å². The predicted molar refractivity (Wildman–Crippen MR) is 54.4 cm³/mol. The van der Waals surface area contributed by atoms with Crippen LogP contribution in [0.4, 0.5) is 0 Å². The monoisotopic (exact) mass is 183 g/mol. The standard InChI is InChI=1S/C11H21NO/c1-8(11(12)9(2)13)6-7-10-4-3-5-10/h8,10-11H,3-7,12H2,1-2H3/t8-,11-/m1/s1. The van der Waals surface area contributed by atoms with Crippen molar-refractivity contribution < 1.29 is 4.79 Å². The molecule has 0 heterocycles. The molecule has 1 rings (SSSR count). The van der Waals surface area contributed by atoms with Crippen LogP contribution in [-0.2, 0) is 4.79 Å². The van der Waals surface area contributed by atoms with Gasteiger partial charge in [0, 0.05) is 0 Å². The van der Waals surface area contributed by atoms with Gasteiger partial charge in [0.2, 0.25) is 0 Å². The maximum Gasteiger partial charge on any atom is 0.146 e. The Morgan fingerprint density at radius 2 is 2.15 bits per heavy atom. The van der Waals surface area contributed by atoms with Gasteiger partial charge >= 0.3 is 0 Å². The SMILES string of the molecule is CC(=O)[C@H](N)[C@H](C)CCC1CCC1. The summed E-state index contributed by atoms with van der Waals surface area (Å²) in [6.45, 7) is 3.68. The second-order valence-corrected chi connectivity index (χ2v) is 4.49. The van der Waals surface area contributed by atoms with Crippen molar-refractivity contribution in [2.75, 3.05) is 0 Å². The van der Waals surface area contributed by atoms with Crippen LogP contribution in [0.3, 0.4) is 0 Å². The highest BCUT2D eigenvalue weighted by Crippen LogP contribution is 2.31. The van der Waals surface area contributed by atoms with E-state index < -0.39 is 0 Å². The lowest BCUT2D eigenvalue weighted by molar-refractivity contribution is -0.119. The first-order valence-corrected chi connectivity index (χ1v) is 5.37.